The molecule has 1 aromatic rings. The number of carbonyl (C=O) groups is 1. The minimum absolute atomic E-state index is 0.201. The zero-order chi connectivity index (χ0) is 20.9. The van der Waals surface area contributed by atoms with E-state index >= 15 is 0 Å². The second-order valence-electron chi connectivity index (χ2n) is 8.47. The lowest BCUT2D eigenvalue weighted by Gasteiger charge is -2.35. The summed E-state index contributed by atoms with van der Waals surface area (Å²) < 4.78 is 32.5. The van der Waals surface area contributed by atoms with Crippen molar-refractivity contribution in [2.24, 2.45) is 5.92 Å². The van der Waals surface area contributed by atoms with E-state index < -0.39 is 21.2 Å². The number of ether oxygens (including phenoxy) is 1. The van der Waals surface area contributed by atoms with Gasteiger partial charge in [0.2, 0.25) is 15.9 Å². The van der Waals surface area contributed by atoms with Crippen LogP contribution in [0.25, 0.3) is 0 Å². The second kappa shape index (κ2) is 7.89. The highest BCUT2D eigenvalue weighted by atomic mass is 35.5. The summed E-state index contributed by atoms with van der Waals surface area (Å²) in [5.41, 5.74) is 0. The van der Waals surface area contributed by atoms with Gasteiger partial charge in [0.1, 0.15) is 16.2 Å². The Kier molecular flexibility index (Phi) is 5.37. The largest absolute Gasteiger partial charge is 0.373 e. The lowest BCUT2D eigenvalue weighted by atomic mass is 9.88. The van der Waals surface area contributed by atoms with Crippen molar-refractivity contribution in [2.45, 2.75) is 43.1 Å². The Balaban J connectivity index is 1.08. The molecule has 0 saturated carbocycles. The molecule has 4 saturated heterocycles. The number of anilines is 1. The van der Waals surface area contributed by atoms with Gasteiger partial charge in [-0.25, -0.2) is 17.7 Å². The van der Waals surface area contributed by atoms with E-state index in [9.17, 15) is 13.2 Å². The minimum Gasteiger partial charge on any atom is -0.373 e. The van der Waals surface area contributed by atoms with E-state index in [0.717, 1.165) is 62.1 Å². The molecule has 2 bridgehead atoms. The van der Waals surface area contributed by atoms with Gasteiger partial charge in [-0.2, -0.15) is 0 Å². The lowest BCUT2D eigenvalue weighted by Crippen LogP contribution is -2.47. The van der Waals surface area contributed by atoms with Gasteiger partial charge in [-0.3, -0.25) is 14.7 Å². The van der Waals surface area contributed by atoms with Crippen LogP contribution in [0.5, 0.6) is 0 Å². The molecule has 1 aromatic heterocycles. The van der Waals surface area contributed by atoms with Gasteiger partial charge in [0.25, 0.3) is 0 Å². The number of aromatic nitrogens is 2. The van der Waals surface area contributed by atoms with E-state index in [1.165, 1.54) is 6.20 Å². The number of hydrogen-bond acceptors (Lipinski definition) is 8. The second-order valence-corrected chi connectivity index (χ2v) is 10.9. The zero-order valence-electron chi connectivity index (χ0n) is 16.7. The monoisotopic (exact) mass is 455 g/mol. The van der Waals surface area contributed by atoms with E-state index in [-0.39, 0.29) is 24.7 Å². The molecule has 1 amide bonds. The Morgan fingerprint density at radius 3 is 2.53 bits per heavy atom. The molecule has 5 rings (SSSR count). The third-order valence-corrected chi connectivity index (χ3v) is 9.21. The molecule has 0 radical (unpaired) electrons. The number of carbonyl (C=O) groups excluding carboxylic acids is 1. The van der Waals surface area contributed by atoms with E-state index in [4.69, 9.17) is 16.3 Å². The summed E-state index contributed by atoms with van der Waals surface area (Å²) in [4.78, 5) is 25.6. The van der Waals surface area contributed by atoms with Crippen molar-refractivity contribution in [3.8, 4) is 0 Å². The van der Waals surface area contributed by atoms with Gasteiger partial charge < -0.3 is 9.64 Å². The predicted octanol–water partition coefficient (Wildman–Crippen LogP) is 0.750. The van der Waals surface area contributed by atoms with E-state index in [2.05, 4.69) is 19.8 Å². The lowest BCUT2D eigenvalue weighted by molar-refractivity contribution is -0.130. The van der Waals surface area contributed by atoms with Crippen molar-refractivity contribution in [2.75, 3.05) is 44.2 Å². The smallest absolute Gasteiger partial charge is 0.243 e. The molecule has 164 valence electrons. The van der Waals surface area contributed by atoms with Gasteiger partial charge in [0, 0.05) is 32.7 Å². The maximum atomic E-state index is 12.9. The summed E-state index contributed by atoms with van der Waals surface area (Å²) >= 11 is 5.92. The maximum absolute atomic E-state index is 12.9. The first-order chi connectivity index (χ1) is 14.4. The number of fused-ring (bicyclic) bond motifs is 5. The number of rotatable bonds is 6. The third kappa shape index (κ3) is 3.47. The Morgan fingerprint density at radius 1 is 1.07 bits per heavy atom. The third-order valence-electron chi connectivity index (χ3n) is 6.76. The molecule has 4 aliphatic heterocycles. The van der Waals surface area contributed by atoms with Crippen molar-refractivity contribution in [1.29, 1.82) is 0 Å². The zero-order valence-corrected chi connectivity index (χ0v) is 18.3. The number of sulfonamides is 1. The molecule has 9 nitrogen and oxygen atoms in total. The van der Waals surface area contributed by atoms with Crippen molar-refractivity contribution in [3.63, 3.8) is 0 Å². The Labute approximate surface area is 181 Å². The van der Waals surface area contributed by atoms with E-state index in [0.29, 0.717) is 11.6 Å². The van der Waals surface area contributed by atoms with Crippen LogP contribution in [-0.4, -0.2) is 90.2 Å². The molecule has 4 aliphatic rings. The summed E-state index contributed by atoms with van der Waals surface area (Å²) in [5.74, 6) is 0.0725. The van der Waals surface area contributed by atoms with Crippen LogP contribution in [0.1, 0.15) is 25.7 Å². The van der Waals surface area contributed by atoms with Gasteiger partial charge in [-0.1, -0.05) is 11.6 Å². The van der Waals surface area contributed by atoms with Crippen LogP contribution in [0.4, 0.5) is 5.82 Å². The number of piperazine rings is 1. The highest BCUT2D eigenvalue weighted by molar-refractivity contribution is 7.90. The molecule has 11 heteroatoms. The van der Waals surface area contributed by atoms with Crippen molar-refractivity contribution >= 4 is 33.3 Å². The van der Waals surface area contributed by atoms with Gasteiger partial charge in [0.05, 0.1) is 30.5 Å². The average molecular weight is 456 g/mol. The molecule has 2 unspecified atom stereocenters. The fraction of sp³-hybridized carbons (Fsp3) is 0.737. The van der Waals surface area contributed by atoms with Crippen molar-refractivity contribution in [3.05, 3.63) is 17.5 Å². The molecule has 5 heterocycles. The molecule has 0 N–H and O–H groups in total. The highest BCUT2D eigenvalue weighted by Gasteiger charge is 2.65. The Morgan fingerprint density at radius 2 is 1.80 bits per heavy atom. The number of nitrogens with zero attached hydrogens (tertiary/aromatic N) is 5. The molecule has 4 atom stereocenters. The summed E-state index contributed by atoms with van der Waals surface area (Å²) in [5, 5.41) is -0.253. The molecular weight excluding hydrogens is 430 g/mol. The van der Waals surface area contributed by atoms with Crippen molar-refractivity contribution in [1.82, 2.24) is 19.2 Å². The average Bonchev–Trinajstić information content (AvgIpc) is 3.40. The van der Waals surface area contributed by atoms with Gasteiger partial charge in [-0.15, -0.1) is 0 Å². The fourth-order valence-corrected chi connectivity index (χ4v) is 7.71. The van der Waals surface area contributed by atoms with Gasteiger partial charge in [-0.05, 0) is 32.2 Å². The summed E-state index contributed by atoms with van der Waals surface area (Å²) in [6.07, 6.45) is 5.84. The Hall–Kier alpha value is -1.49. The number of amides is 1. The number of unbranched alkanes of at least 4 members (excludes halogenated alkanes) is 1. The summed E-state index contributed by atoms with van der Waals surface area (Å²) in [7, 11) is -3.58. The molecule has 0 spiro atoms. The molecule has 0 aliphatic carbocycles. The first kappa shape index (κ1) is 20.4. The SMILES string of the molecule is O=C1[C@@H]2C3CCC(O3)[C@@H]2S(=O)(=O)N1CCCCN1CCN(c2cncc(Cl)n2)CC1. The summed E-state index contributed by atoms with van der Waals surface area (Å²) in [6.45, 7) is 4.67. The predicted molar refractivity (Wildman–Crippen MR) is 111 cm³/mol. The van der Waals surface area contributed by atoms with Crippen LogP contribution in [-0.2, 0) is 19.6 Å². The van der Waals surface area contributed by atoms with E-state index in [1.807, 2.05) is 0 Å². The molecule has 0 aromatic carbocycles. The quantitative estimate of drug-likeness (QED) is 0.580. The Bertz CT molecular complexity index is 923. The topological polar surface area (TPSA) is 95.9 Å². The highest BCUT2D eigenvalue weighted by Crippen LogP contribution is 2.48. The minimum atomic E-state index is -3.58. The van der Waals surface area contributed by atoms with Crippen LogP contribution in [0.3, 0.4) is 0 Å². The van der Waals surface area contributed by atoms with Crippen LogP contribution < -0.4 is 4.90 Å². The molecular formula is C19H26ClN5O4S. The van der Waals surface area contributed by atoms with Crippen molar-refractivity contribution < 1.29 is 17.9 Å². The normalized spacial score (nSPS) is 32.8. The number of halogens is 1. The summed E-state index contributed by atoms with van der Waals surface area (Å²) in [6, 6.07) is 0. The van der Waals surface area contributed by atoms with Crippen LogP contribution in [0.2, 0.25) is 5.15 Å². The first-order valence-electron chi connectivity index (χ1n) is 10.6. The van der Waals surface area contributed by atoms with Crippen LogP contribution in [0, 0.1) is 5.92 Å². The molecule has 4 fully saturated rings. The van der Waals surface area contributed by atoms with Crippen LogP contribution >= 0.6 is 11.6 Å². The van der Waals surface area contributed by atoms with Crippen LogP contribution in [0.15, 0.2) is 12.4 Å². The first-order valence-corrected chi connectivity index (χ1v) is 12.5. The standard InChI is InChI=1S/C19H26ClN5O4S/c20-15-11-21-12-16(22-15)24-9-7-23(8-10-24)5-1-2-6-25-19(26)17-13-3-4-14(29-13)18(17)30(25,27)28/h11-14,17-18H,1-10H2/t13?,14?,17-,18+/m1/s1. The maximum Gasteiger partial charge on any atom is 0.243 e. The van der Waals surface area contributed by atoms with Gasteiger partial charge >= 0.3 is 0 Å². The molecule has 30 heavy (non-hydrogen) atoms. The van der Waals surface area contributed by atoms with Gasteiger partial charge in [0.15, 0.2) is 0 Å². The fourth-order valence-electron chi connectivity index (χ4n) is 5.27. The number of hydrogen-bond donors (Lipinski definition) is 0. The van der Waals surface area contributed by atoms with E-state index in [1.54, 1.807) is 6.20 Å².